The average molecular weight is 576 g/mol. The van der Waals surface area contributed by atoms with Gasteiger partial charge in [0.15, 0.2) is 5.78 Å². The number of nitrogens with zero attached hydrogens (tertiary/aromatic N) is 2. The monoisotopic (exact) mass is 575 g/mol. The van der Waals surface area contributed by atoms with Gasteiger partial charge in [-0.3, -0.25) is 14.6 Å². The third kappa shape index (κ3) is 7.08. The van der Waals surface area contributed by atoms with Crippen LogP contribution in [0.2, 0.25) is 0 Å². The van der Waals surface area contributed by atoms with Gasteiger partial charge >= 0.3 is 12.1 Å². The number of para-hydroxylation sites is 1. The van der Waals surface area contributed by atoms with E-state index in [0.29, 0.717) is 18.5 Å². The van der Waals surface area contributed by atoms with Gasteiger partial charge in [0.25, 0.3) is 0 Å². The van der Waals surface area contributed by atoms with Gasteiger partial charge in [0.1, 0.15) is 5.82 Å². The quantitative estimate of drug-likeness (QED) is 0.299. The summed E-state index contributed by atoms with van der Waals surface area (Å²) < 4.78 is 45.1. The highest BCUT2D eigenvalue weighted by Crippen LogP contribution is 2.47. The van der Waals surface area contributed by atoms with Gasteiger partial charge in [-0.05, 0) is 61.7 Å². The van der Waals surface area contributed by atoms with Gasteiger partial charge in [0, 0.05) is 44.0 Å². The number of amides is 1. The van der Waals surface area contributed by atoms with Crippen LogP contribution in [0.15, 0.2) is 60.8 Å². The molecule has 1 aromatic heterocycles. The van der Waals surface area contributed by atoms with Crippen molar-refractivity contribution in [1.82, 2.24) is 15.2 Å². The number of nitrogens with one attached hydrogen (secondary N) is 1. The van der Waals surface area contributed by atoms with Crippen LogP contribution in [0.4, 0.5) is 17.6 Å². The van der Waals surface area contributed by atoms with Crippen molar-refractivity contribution in [3.63, 3.8) is 0 Å². The molecule has 0 saturated carbocycles. The summed E-state index contributed by atoms with van der Waals surface area (Å²) in [5, 5.41) is 11.2. The molecular weight excluding hydrogens is 542 g/mol. The summed E-state index contributed by atoms with van der Waals surface area (Å²) in [6.45, 7) is 5.18. The van der Waals surface area contributed by atoms with Crippen molar-refractivity contribution in [2.24, 2.45) is 11.3 Å². The van der Waals surface area contributed by atoms with E-state index in [2.05, 4.69) is 22.1 Å². The van der Waals surface area contributed by atoms with Crippen LogP contribution in [-0.2, 0) is 9.59 Å². The summed E-state index contributed by atoms with van der Waals surface area (Å²) in [4.78, 5) is 41.4. The highest BCUT2D eigenvalue weighted by molar-refractivity contribution is 5.98. The molecule has 2 aliphatic heterocycles. The fraction of sp³-hybridized carbons (Fsp3) is 0.400. The first-order chi connectivity index (χ1) is 19.4. The number of benzene rings is 2. The Morgan fingerprint density at radius 1 is 1.15 bits per heavy atom. The first kappa shape index (κ1) is 30.1. The zero-order chi connectivity index (χ0) is 29.8. The van der Waals surface area contributed by atoms with Crippen LogP contribution in [0, 0.1) is 17.2 Å². The second-order valence-electron chi connectivity index (χ2n) is 10.7. The minimum atomic E-state index is -5.08. The van der Waals surface area contributed by atoms with Crippen LogP contribution in [0.1, 0.15) is 49.5 Å². The number of aromatic nitrogens is 1. The number of hydrogen-bond acceptors (Lipinski definition) is 5. The number of carboxylic acid groups (broad SMARTS) is 1. The van der Waals surface area contributed by atoms with Crippen LogP contribution >= 0.6 is 0 Å². The number of alkyl halides is 3. The summed E-state index contributed by atoms with van der Waals surface area (Å²) >= 11 is 0. The summed E-state index contributed by atoms with van der Waals surface area (Å²) in [6, 6.07) is 16.3. The van der Waals surface area contributed by atoms with E-state index in [1.807, 2.05) is 42.5 Å². The predicted molar refractivity (Wildman–Crippen MR) is 146 cm³/mol. The van der Waals surface area contributed by atoms with E-state index in [9.17, 15) is 27.2 Å². The maximum absolute atomic E-state index is 13.4. The Hall–Kier alpha value is -3.86. The molecule has 220 valence electrons. The van der Waals surface area contributed by atoms with Crippen LogP contribution in [-0.4, -0.2) is 65.0 Å². The number of hydrogen-bond donors (Lipinski definition) is 2. The van der Waals surface area contributed by atoms with E-state index in [-0.39, 0.29) is 30.8 Å². The molecule has 5 rings (SSSR count). The molecule has 1 amide bonds. The van der Waals surface area contributed by atoms with Crippen molar-refractivity contribution < 1.29 is 38.5 Å². The first-order valence-corrected chi connectivity index (χ1v) is 13.3. The van der Waals surface area contributed by atoms with Crippen LogP contribution in [0.3, 0.4) is 0 Å². The van der Waals surface area contributed by atoms with E-state index in [1.54, 1.807) is 6.20 Å². The summed E-state index contributed by atoms with van der Waals surface area (Å²) in [6.07, 6.45) is -1.39. The largest absolute Gasteiger partial charge is 0.490 e. The molecule has 0 aliphatic carbocycles. The number of carboxylic acids is 1. The van der Waals surface area contributed by atoms with Crippen LogP contribution < -0.4 is 5.32 Å². The maximum atomic E-state index is 13.4. The Morgan fingerprint density at radius 2 is 1.78 bits per heavy atom. The molecule has 2 aromatic carbocycles. The van der Waals surface area contributed by atoms with Gasteiger partial charge in [-0.2, -0.15) is 13.2 Å². The van der Waals surface area contributed by atoms with Gasteiger partial charge in [-0.15, -0.1) is 0 Å². The summed E-state index contributed by atoms with van der Waals surface area (Å²) in [7, 11) is 0. The number of carbonyl (C=O) groups is 3. The zero-order valence-electron chi connectivity index (χ0n) is 22.5. The molecule has 7 nitrogen and oxygen atoms in total. The van der Waals surface area contributed by atoms with E-state index in [1.165, 1.54) is 12.1 Å². The molecule has 11 heteroatoms. The number of likely N-dealkylation sites (tertiary alicyclic amines) is 1. The zero-order valence-corrected chi connectivity index (χ0v) is 22.5. The molecule has 3 heterocycles. The molecular formula is C30H33F4N3O4. The maximum Gasteiger partial charge on any atom is 0.490 e. The number of aliphatic carboxylic acids is 1. The standard InChI is InChI=1S/C28H30FN3O2.C2HF3O2.H2/c1-19(14-26(33)22-15-21-4-2-3-5-25(21)30-16-22)18-32-12-10-28(11-13-32)24(17-31-27(28)34)20-6-8-23(29)9-7-20;3-2(4,5)1(6)7;/h2-9,15-16,19,24H,10-14,17-18H2,1H3,(H,31,34);(H,6,7);1H/t19-,24-;;/m1../s1. The highest BCUT2D eigenvalue weighted by Gasteiger charge is 2.51. The number of rotatable bonds is 6. The Balaban J connectivity index is 0.000000541. The van der Waals surface area contributed by atoms with Gasteiger partial charge in [0.05, 0.1) is 10.9 Å². The number of ketones is 1. The third-order valence-corrected chi connectivity index (χ3v) is 7.87. The molecule has 2 atom stereocenters. The van der Waals surface area contributed by atoms with E-state index >= 15 is 0 Å². The smallest absolute Gasteiger partial charge is 0.475 e. The normalized spacial score (nSPS) is 19.3. The number of halogens is 4. The fourth-order valence-corrected chi connectivity index (χ4v) is 5.73. The number of carbonyl (C=O) groups excluding carboxylic acids is 2. The Kier molecular flexibility index (Phi) is 9.06. The lowest BCUT2D eigenvalue weighted by Crippen LogP contribution is -2.47. The van der Waals surface area contributed by atoms with Crippen molar-refractivity contribution in [3.8, 4) is 0 Å². The second-order valence-corrected chi connectivity index (χ2v) is 10.7. The molecule has 0 bridgehead atoms. The molecule has 41 heavy (non-hydrogen) atoms. The molecule has 3 aromatic rings. The minimum Gasteiger partial charge on any atom is -0.475 e. The Morgan fingerprint density at radius 3 is 2.41 bits per heavy atom. The number of fused-ring (bicyclic) bond motifs is 1. The molecule has 0 radical (unpaired) electrons. The van der Waals surface area contributed by atoms with Crippen molar-refractivity contribution in [2.75, 3.05) is 26.2 Å². The van der Waals surface area contributed by atoms with Gasteiger partial charge in [0.2, 0.25) is 5.91 Å². The number of pyridine rings is 1. The van der Waals surface area contributed by atoms with Crippen molar-refractivity contribution in [3.05, 3.63) is 77.7 Å². The van der Waals surface area contributed by atoms with Crippen LogP contribution in [0.5, 0.6) is 0 Å². The Labute approximate surface area is 236 Å². The number of Topliss-reactive ketones (excluding diaryl/α,β-unsaturated/α-hetero) is 1. The van der Waals surface area contributed by atoms with Crippen molar-refractivity contribution in [1.29, 1.82) is 0 Å². The SMILES string of the molecule is C[C@H](CC(=O)c1cnc2ccccc2c1)CN1CCC2(CC1)C(=O)NC[C@@H]2c1ccc(F)cc1.O=C(O)C(F)(F)F.[HH]. The molecule has 2 fully saturated rings. The fourth-order valence-electron chi connectivity index (χ4n) is 5.73. The van der Waals surface area contributed by atoms with Crippen LogP contribution in [0.25, 0.3) is 10.9 Å². The van der Waals surface area contributed by atoms with Gasteiger partial charge in [-0.25, -0.2) is 9.18 Å². The second kappa shape index (κ2) is 12.3. The molecule has 2 aliphatic rings. The topological polar surface area (TPSA) is 99.6 Å². The number of piperidine rings is 1. The predicted octanol–water partition coefficient (Wildman–Crippen LogP) is 5.46. The molecule has 0 unspecified atom stereocenters. The Bertz CT molecular complexity index is 1410. The first-order valence-electron chi connectivity index (χ1n) is 13.3. The average Bonchev–Trinajstić information content (AvgIpc) is 3.25. The summed E-state index contributed by atoms with van der Waals surface area (Å²) in [5.41, 5.74) is 2.15. The summed E-state index contributed by atoms with van der Waals surface area (Å²) in [5.74, 6) is -2.50. The van der Waals surface area contributed by atoms with Gasteiger partial charge < -0.3 is 15.3 Å². The highest BCUT2D eigenvalue weighted by atomic mass is 19.4. The van der Waals surface area contributed by atoms with E-state index in [0.717, 1.165) is 48.9 Å². The lowest BCUT2D eigenvalue weighted by Gasteiger charge is -2.41. The van der Waals surface area contributed by atoms with Crippen molar-refractivity contribution in [2.45, 2.75) is 38.3 Å². The van der Waals surface area contributed by atoms with Gasteiger partial charge in [-0.1, -0.05) is 37.3 Å². The van der Waals surface area contributed by atoms with E-state index in [4.69, 9.17) is 9.90 Å². The lowest BCUT2D eigenvalue weighted by molar-refractivity contribution is -0.192. The minimum absolute atomic E-state index is 0. The molecule has 1 spiro atoms. The third-order valence-electron chi connectivity index (χ3n) is 7.87. The van der Waals surface area contributed by atoms with E-state index < -0.39 is 17.6 Å². The lowest BCUT2D eigenvalue weighted by atomic mass is 9.68. The molecule has 2 saturated heterocycles. The van der Waals surface area contributed by atoms with Crippen molar-refractivity contribution >= 4 is 28.6 Å². The molecule has 2 N–H and O–H groups in total.